The number of carbonyl (C=O) groups is 1. The van der Waals surface area contributed by atoms with E-state index in [0.717, 1.165) is 0 Å². The zero-order valence-electron chi connectivity index (χ0n) is 9.41. The van der Waals surface area contributed by atoms with Crippen molar-refractivity contribution in [3.63, 3.8) is 0 Å². The van der Waals surface area contributed by atoms with Gasteiger partial charge in [0.1, 0.15) is 0 Å². The van der Waals surface area contributed by atoms with E-state index in [2.05, 4.69) is 0 Å². The van der Waals surface area contributed by atoms with Gasteiger partial charge in [-0.15, -0.1) is 0 Å². The van der Waals surface area contributed by atoms with Crippen molar-refractivity contribution in [2.75, 3.05) is 18.0 Å². The van der Waals surface area contributed by atoms with Crippen LogP contribution in [0, 0.1) is 5.92 Å². The molecule has 18 heavy (non-hydrogen) atoms. The minimum atomic E-state index is -4.15. The maximum Gasteiger partial charge on any atom is 0.391 e. The lowest BCUT2D eigenvalue weighted by molar-refractivity contribution is -0.179. The summed E-state index contributed by atoms with van der Waals surface area (Å²) < 4.78 is 42.4. The van der Waals surface area contributed by atoms with Gasteiger partial charge in [-0.3, -0.25) is 0 Å². The molecule has 0 bridgehead atoms. The van der Waals surface area contributed by atoms with Crippen LogP contribution in [0.1, 0.15) is 23.4 Å². The summed E-state index contributed by atoms with van der Waals surface area (Å²) in [5, 5.41) is 8.68. The van der Waals surface area contributed by atoms with E-state index < -0.39 is 18.1 Å². The van der Waals surface area contributed by atoms with E-state index in [-0.39, 0.29) is 31.7 Å². The first kappa shape index (κ1) is 12.8. The molecule has 100 valence electrons. The van der Waals surface area contributed by atoms with Crippen molar-refractivity contribution < 1.29 is 27.5 Å². The van der Waals surface area contributed by atoms with Gasteiger partial charge in [0.2, 0.25) is 5.76 Å². The number of hydrogen-bond donors (Lipinski definition) is 1. The summed E-state index contributed by atoms with van der Waals surface area (Å²) in [7, 11) is 0. The highest BCUT2D eigenvalue weighted by molar-refractivity contribution is 5.84. The zero-order valence-corrected chi connectivity index (χ0v) is 9.41. The van der Waals surface area contributed by atoms with Crippen LogP contribution in [0.25, 0.3) is 0 Å². The molecule has 0 radical (unpaired) electrons. The summed E-state index contributed by atoms with van der Waals surface area (Å²) in [6, 6.07) is 2.77. The molecule has 0 spiro atoms. The van der Waals surface area contributed by atoms with Crippen LogP contribution < -0.4 is 4.90 Å². The number of carboxylic acid groups (broad SMARTS) is 1. The number of nitrogens with zero attached hydrogens (tertiary/aromatic N) is 1. The third-order valence-corrected chi connectivity index (χ3v) is 3.07. The predicted octanol–water partition coefficient (Wildman–Crippen LogP) is 2.76. The lowest BCUT2D eigenvalue weighted by atomic mass is 9.96. The van der Waals surface area contributed by atoms with Gasteiger partial charge in [-0.25, -0.2) is 4.79 Å². The van der Waals surface area contributed by atoms with E-state index in [9.17, 15) is 18.0 Å². The second kappa shape index (κ2) is 4.55. The number of aromatic carboxylic acids is 1. The second-order valence-corrected chi connectivity index (χ2v) is 4.25. The minimum Gasteiger partial charge on any atom is -0.475 e. The Bertz CT molecular complexity index is 433. The topological polar surface area (TPSA) is 53.7 Å². The summed E-state index contributed by atoms with van der Waals surface area (Å²) in [5.74, 6) is -2.36. The highest BCUT2D eigenvalue weighted by atomic mass is 19.4. The molecular weight excluding hydrogens is 251 g/mol. The zero-order chi connectivity index (χ0) is 13.3. The summed E-state index contributed by atoms with van der Waals surface area (Å²) in [5.41, 5.74) is 0. The Kier molecular flexibility index (Phi) is 3.23. The highest BCUT2D eigenvalue weighted by Crippen LogP contribution is 2.35. The van der Waals surface area contributed by atoms with E-state index in [4.69, 9.17) is 9.52 Å². The van der Waals surface area contributed by atoms with Crippen LogP contribution in [0.4, 0.5) is 19.1 Å². The molecule has 0 saturated carbocycles. The molecule has 7 heteroatoms. The molecule has 1 aromatic rings. The first-order chi connectivity index (χ1) is 8.38. The number of piperidine rings is 1. The molecule has 1 fully saturated rings. The maximum absolute atomic E-state index is 12.5. The van der Waals surface area contributed by atoms with Crippen molar-refractivity contribution in [3.05, 3.63) is 17.9 Å². The van der Waals surface area contributed by atoms with E-state index >= 15 is 0 Å². The quantitative estimate of drug-likeness (QED) is 0.891. The fraction of sp³-hybridized carbons (Fsp3) is 0.545. The van der Waals surface area contributed by atoms with Crippen molar-refractivity contribution >= 4 is 11.9 Å². The van der Waals surface area contributed by atoms with Gasteiger partial charge < -0.3 is 14.4 Å². The van der Waals surface area contributed by atoms with Crippen molar-refractivity contribution in [3.8, 4) is 0 Å². The van der Waals surface area contributed by atoms with E-state index in [1.165, 1.54) is 12.1 Å². The van der Waals surface area contributed by atoms with Crippen LogP contribution in [0.5, 0.6) is 0 Å². The van der Waals surface area contributed by atoms with Gasteiger partial charge in [-0.05, 0) is 18.9 Å². The Morgan fingerprint density at radius 1 is 1.33 bits per heavy atom. The number of rotatable bonds is 2. The lowest BCUT2D eigenvalue weighted by Crippen LogP contribution is -2.38. The van der Waals surface area contributed by atoms with Crippen LogP contribution in [-0.2, 0) is 0 Å². The van der Waals surface area contributed by atoms with Crippen molar-refractivity contribution in [1.29, 1.82) is 0 Å². The summed E-state index contributed by atoms with van der Waals surface area (Å²) in [6.45, 7) is 0.438. The number of anilines is 1. The number of carboxylic acids is 1. The number of furan rings is 1. The number of alkyl halides is 3. The van der Waals surface area contributed by atoms with Gasteiger partial charge in [-0.2, -0.15) is 13.2 Å². The van der Waals surface area contributed by atoms with Gasteiger partial charge in [0.25, 0.3) is 0 Å². The Balaban J connectivity index is 1.99. The minimum absolute atomic E-state index is 0.00655. The van der Waals surface area contributed by atoms with Crippen LogP contribution >= 0.6 is 0 Å². The molecule has 4 nitrogen and oxygen atoms in total. The molecule has 0 aromatic carbocycles. The van der Waals surface area contributed by atoms with Crippen LogP contribution in [0.2, 0.25) is 0 Å². The Labute approximate surface area is 101 Å². The first-order valence-corrected chi connectivity index (χ1v) is 5.52. The Morgan fingerprint density at radius 2 is 1.94 bits per heavy atom. The van der Waals surface area contributed by atoms with Gasteiger partial charge in [-0.1, -0.05) is 0 Å². The molecule has 0 unspecified atom stereocenters. The van der Waals surface area contributed by atoms with Crippen LogP contribution in [0.3, 0.4) is 0 Å². The third-order valence-electron chi connectivity index (χ3n) is 3.07. The largest absolute Gasteiger partial charge is 0.475 e. The van der Waals surface area contributed by atoms with E-state index in [0.29, 0.717) is 5.88 Å². The molecule has 1 aromatic heterocycles. The number of hydrogen-bond acceptors (Lipinski definition) is 3. The van der Waals surface area contributed by atoms with E-state index in [1.54, 1.807) is 4.90 Å². The lowest BCUT2D eigenvalue weighted by Gasteiger charge is -2.32. The summed E-state index contributed by atoms with van der Waals surface area (Å²) in [4.78, 5) is 12.3. The Morgan fingerprint density at radius 3 is 2.39 bits per heavy atom. The van der Waals surface area contributed by atoms with E-state index in [1.807, 2.05) is 0 Å². The monoisotopic (exact) mass is 263 g/mol. The highest BCUT2D eigenvalue weighted by Gasteiger charge is 2.41. The van der Waals surface area contributed by atoms with Crippen LogP contribution in [-0.4, -0.2) is 30.3 Å². The average Bonchev–Trinajstić information content (AvgIpc) is 2.77. The third kappa shape index (κ3) is 2.60. The SMILES string of the molecule is O=C(O)c1ccc(N2CCC(C(F)(F)F)CC2)o1. The van der Waals surface area contributed by atoms with Crippen molar-refractivity contribution in [1.82, 2.24) is 0 Å². The molecule has 1 aliphatic rings. The second-order valence-electron chi connectivity index (χ2n) is 4.25. The van der Waals surface area contributed by atoms with Crippen molar-refractivity contribution in [2.24, 2.45) is 5.92 Å². The molecule has 2 heterocycles. The van der Waals surface area contributed by atoms with Gasteiger partial charge in [0, 0.05) is 19.2 Å². The molecular formula is C11H12F3NO3. The fourth-order valence-electron chi connectivity index (χ4n) is 2.04. The molecule has 1 saturated heterocycles. The smallest absolute Gasteiger partial charge is 0.391 e. The molecule has 0 atom stereocenters. The standard InChI is InChI=1S/C11H12F3NO3/c12-11(13,14)7-3-5-15(6-4-7)9-2-1-8(18-9)10(16)17/h1-2,7H,3-6H2,(H,16,17). The molecule has 0 amide bonds. The molecule has 1 N–H and O–H groups in total. The van der Waals surface area contributed by atoms with Gasteiger partial charge >= 0.3 is 12.1 Å². The first-order valence-electron chi connectivity index (χ1n) is 5.52. The van der Waals surface area contributed by atoms with Crippen LogP contribution in [0.15, 0.2) is 16.5 Å². The molecule has 2 rings (SSSR count). The fourth-order valence-corrected chi connectivity index (χ4v) is 2.04. The summed E-state index contributed by atoms with van der Waals surface area (Å²) in [6.07, 6.45) is -4.14. The molecule has 0 aliphatic carbocycles. The van der Waals surface area contributed by atoms with Gasteiger partial charge in [0.05, 0.1) is 5.92 Å². The van der Waals surface area contributed by atoms with Crippen molar-refractivity contribution in [2.45, 2.75) is 19.0 Å². The normalized spacial score (nSPS) is 18.1. The number of halogens is 3. The maximum atomic E-state index is 12.5. The Hall–Kier alpha value is -1.66. The average molecular weight is 263 g/mol. The predicted molar refractivity (Wildman–Crippen MR) is 56.7 cm³/mol. The van der Waals surface area contributed by atoms with Gasteiger partial charge in [0.15, 0.2) is 5.88 Å². The molecule has 1 aliphatic heterocycles. The summed E-state index contributed by atoms with van der Waals surface area (Å²) >= 11 is 0.